The van der Waals surface area contributed by atoms with Gasteiger partial charge in [-0.15, -0.1) is 0 Å². The summed E-state index contributed by atoms with van der Waals surface area (Å²) in [4.78, 5) is 0. The zero-order valence-corrected chi connectivity index (χ0v) is 12.5. The van der Waals surface area contributed by atoms with Gasteiger partial charge in [-0.1, -0.05) is 47.0 Å². The smallest absolute Gasteiger partial charge is 0.0409 e. The molecule has 0 saturated carbocycles. The summed E-state index contributed by atoms with van der Waals surface area (Å²) in [5.41, 5.74) is 12.5. The van der Waals surface area contributed by atoms with Crippen LogP contribution in [0.25, 0.3) is 0 Å². The lowest BCUT2D eigenvalue weighted by atomic mass is 9.94. The predicted octanol–water partition coefficient (Wildman–Crippen LogP) is 4.51. The second-order valence-electron chi connectivity index (χ2n) is 5.31. The van der Waals surface area contributed by atoms with Crippen LogP contribution in [-0.4, -0.2) is 0 Å². The molecule has 0 heterocycles. The van der Waals surface area contributed by atoms with E-state index in [-0.39, 0.29) is 6.04 Å². The molecule has 1 atom stereocenters. The quantitative estimate of drug-likeness (QED) is 0.875. The molecule has 2 rings (SSSR count). The van der Waals surface area contributed by atoms with Gasteiger partial charge in [-0.2, -0.15) is 0 Å². The van der Waals surface area contributed by atoms with Crippen molar-refractivity contribution in [3.63, 3.8) is 0 Å². The highest BCUT2D eigenvalue weighted by molar-refractivity contribution is 6.30. The fraction of sp³-hybridized carbons (Fsp3) is 0.294. The minimum Gasteiger partial charge on any atom is -0.324 e. The molecule has 0 aliphatic carbocycles. The molecule has 2 aromatic rings. The Bertz CT molecular complexity index is 570. The maximum absolute atomic E-state index is 6.34. The number of nitrogens with two attached hydrogens (primary N) is 1. The Balaban J connectivity index is 2.25. The Kier molecular flexibility index (Phi) is 4.28. The fourth-order valence-corrected chi connectivity index (χ4v) is 2.74. The summed E-state index contributed by atoms with van der Waals surface area (Å²) in [6.45, 7) is 6.31. The highest BCUT2D eigenvalue weighted by Gasteiger charge is 2.11. The summed E-state index contributed by atoms with van der Waals surface area (Å²) in [5.74, 6) is 0. The van der Waals surface area contributed by atoms with Gasteiger partial charge in [-0.3, -0.25) is 0 Å². The van der Waals surface area contributed by atoms with E-state index >= 15 is 0 Å². The zero-order valence-electron chi connectivity index (χ0n) is 11.7. The van der Waals surface area contributed by atoms with Crippen LogP contribution in [0.4, 0.5) is 0 Å². The van der Waals surface area contributed by atoms with Gasteiger partial charge in [0, 0.05) is 11.1 Å². The number of hydrogen-bond acceptors (Lipinski definition) is 1. The summed E-state index contributed by atoms with van der Waals surface area (Å²) in [6, 6.07) is 12.5. The lowest BCUT2D eigenvalue weighted by Crippen LogP contribution is -2.14. The average molecular weight is 274 g/mol. The standard InChI is InChI=1S/C17H20ClN/c1-11-6-12(2)8-14(7-11)9-17(19)16-10-15(18)5-4-13(16)3/h4-8,10,17H,9,19H2,1-3H3. The van der Waals surface area contributed by atoms with Crippen LogP contribution in [0, 0.1) is 20.8 Å². The van der Waals surface area contributed by atoms with Crippen LogP contribution < -0.4 is 5.73 Å². The van der Waals surface area contributed by atoms with E-state index in [1.54, 1.807) is 0 Å². The molecule has 1 unspecified atom stereocenters. The van der Waals surface area contributed by atoms with Gasteiger partial charge in [-0.25, -0.2) is 0 Å². The van der Waals surface area contributed by atoms with Gasteiger partial charge in [0.25, 0.3) is 0 Å². The number of hydrogen-bond donors (Lipinski definition) is 1. The Morgan fingerprint density at radius 2 is 1.63 bits per heavy atom. The molecule has 1 nitrogen and oxygen atoms in total. The summed E-state index contributed by atoms with van der Waals surface area (Å²) >= 11 is 6.06. The van der Waals surface area contributed by atoms with E-state index in [1.165, 1.54) is 22.3 Å². The highest BCUT2D eigenvalue weighted by atomic mass is 35.5. The van der Waals surface area contributed by atoms with E-state index in [9.17, 15) is 0 Å². The van der Waals surface area contributed by atoms with E-state index in [0.29, 0.717) is 0 Å². The molecule has 100 valence electrons. The molecule has 0 aliphatic heterocycles. The molecule has 19 heavy (non-hydrogen) atoms. The zero-order chi connectivity index (χ0) is 14.0. The van der Waals surface area contributed by atoms with E-state index in [1.807, 2.05) is 18.2 Å². The van der Waals surface area contributed by atoms with Crippen molar-refractivity contribution in [2.45, 2.75) is 33.2 Å². The average Bonchev–Trinajstić information content (AvgIpc) is 2.30. The van der Waals surface area contributed by atoms with E-state index in [0.717, 1.165) is 17.0 Å². The van der Waals surface area contributed by atoms with Crippen LogP contribution in [0.5, 0.6) is 0 Å². The summed E-state index contributed by atoms with van der Waals surface area (Å²) in [7, 11) is 0. The molecule has 0 fully saturated rings. The number of halogens is 1. The van der Waals surface area contributed by atoms with Crippen molar-refractivity contribution in [3.8, 4) is 0 Å². The molecular weight excluding hydrogens is 254 g/mol. The summed E-state index contributed by atoms with van der Waals surface area (Å²) in [5, 5.41) is 0.747. The first-order valence-electron chi connectivity index (χ1n) is 6.54. The second kappa shape index (κ2) is 5.77. The largest absolute Gasteiger partial charge is 0.324 e. The van der Waals surface area contributed by atoms with Crippen molar-refractivity contribution in [1.29, 1.82) is 0 Å². The first kappa shape index (κ1) is 14.1. The van der Waals surface area contributed by atoms with Gasteiger partial charge in [0.1, 0.15) is 0 Å². The van der Waals surface area contributed by atoms with Gasteiger partial charge in [0.2, 0.25) is 0 Å². The number of aryl methyl sites for hydroxylation is 3. The van der Waals surface area contributed by atoms with Gasteiger partial charge < -0.3 is 5.73 Å². The second-order valence-corrected chi connectivity index (χ2v) is 5.74. The molecule has 2 N–H and O–H groups in total. The Hall–Kier alpha value is -1.31. The van der Waals surface area contributed by atoms with Crippen LogP contribution in [0.1, 0.15) is 33.9 Å². The summed E-state index contributed by atoms with van der Waals surface area (Å²) in [6.07, 6.45) is 0.837. The van der Waals surface area contributed by atoms with Gasteiger partial charge >= 0.3 is 0 Å². The van der Waals surface area contributed by atoms with Crippen molar-refractivity contribution in [3.05, 3.63) is 69.2 Å². The van der Waals surface area contributed by atoms with Gasteiger partial charge in [0.05, 0.1) is 0 Å². The monoisotopic (exact) mass is 273 g/mol. The number of rotatable bonds is 3. The van der Waals surface area contributed by atoms with Crippen molar-refractivity contribution < 1.29 is 0 Å². The normalized spacial score (nSPS) is 12.5. The molecule has 0 spiro atoms. The molecule has 0 radical (unpaired) electrons. The molecule has 0 bridgehead atoms. The van der Waals surface area contributed by atoms with Crippen LogP contribution in [0.15, 0.2) is 36.4 Å². The molecule has 0 amide bonds. The SMILES string of the molecule is Cc1cc(C)cc(CC(N)c2cc(Cl)ccc2C)c1. The fourth-order valence-electron chi connectivity index (χ4n) is 2.56. The molecule has 0 saturated heterocycles. The lowest BCUT2D eigenvalue weighted by Gasteiger charge is -2.16. The van der Waals surface area contributed by atoms with Crippen LogP contribution >= 0.6 is 11.6 Å². The van der Waals surface area contributed by atoms with Crippen LogP contribution in [-0.2, 0) is 6.42 Å². The third-order valence-corrected chi connectivity index (χ3v) is 3.61. The van der Waals surface area contributed by atoms with E-state index in [2.05, 4.69) is 39.0 Å². The first-order chi connectivity index (χ1) is 8.95. The van der Waals surface area contributed by atoms with Crippen molar-refractivity contribution >= 4 is 11.6 Å². The highest BCUT2D eigenvalue weighted by Crippen LogP contribution is 2.24. The lowest BCUT2D eigenvalue weighted by molar-refractivity contribution is 0.716. The molecule has 2 heteroatoms. The topological polar surface area (TPSA) is 26.0 Å². The maximum Gasteiger partial charge on any atom is 0.0409 e. The predicted molar refractivity (Wildman–Crippen MR) is 82.7 cm³/mol. The summed E-state index contributed by atoms with van der Waals surface area (Å²) < 4.78 is 0. The Labute approximate surface area is 120 Å². The van der Waals surface area contributed by atoms with E-state index < -0.39 is 0 Å². The third-order valence-electron chi connectivity index (χ3n) is 3.38. The molecular formula is C17H20ClN. The van der Waals surface area contributed by atoms with Gasteiger partial charge in [-0.05, 0) is 56.0 Å². The maximum atomic E-state index is 6.34. The van der Waals surface area contributed by atoms with Gasteiger partial charge in [0.15, 0.2) is 0 Å². The van der Waals surface area contributed by atoms with Crippen molar-refractivity contribution in [2.24, 2.45) is 5.73 Å². The Morgan fingerprint density at radius 1 is 1.00 bits per heavy atom. The minimum atomic E-state index is -0.0140. The van der Waals surface area contributed by atoms with E-state index in [4.69, 9.17) is 17.3 Å². The Morgan fingerprint density at radius 3 is 2.26 bits per heavy atom. The van der Waals surface area contributed by atoms with Crippen LogP contribution in [0.2, 0.25) is 5.02 Å². The third kappa shape index (κ3) is 3.59. The molecule has 0 aliphatic rings. The molecule has 0 aromatic heterocycles. The van der Waals surface area contributed by atoms with Crippen molar-refractivity contribution in [2.75, 3.05) is 0 Å². The van der Waals surface area contributed by atoms with Crippen LogP contribution in [0.3, 0.4) is 0 Å². The number of benzene rings is 2. The first-order valence-corrected chi connectivity index (χ1v) is 6.92. The van der Waals surface area contributed by atoms with Crippen molar-refractivity contribution in [1.82, 2.24) is 0 Å². The molecule has 2 aromatic carbocycles. The minimum absolute atomic E-state index is 0.0140.